The van der Waals surface area contributed by atoms with E-state index in [0.717, 1.165) is 30.9 Å². The molecule has 2 N–H and O–H groups in total. The van der Waals surface area contributed by atoms with Crippen LogP contribution in [0.5, 0.6) is 0 Å². The molecule has 4 nitrogen and oxygen atoms in total. The van der Waals surface area contributed by atoms with Gasteiger partial charge in [-0.3, -0.25) is 9.36 Å². The number of aromatic nitrogens is 1. The van der Waals surface area contributed by atoms with Crippen molar-refractivity contribution in [2.45, 2.75) is 19.5 Å². The molecule has 0 aliphatic carbocycles. The van der Waals surface area contributed by atoms with Crippen LogP contribution >= 0.6 is 0 Å². The van der Waals surface area contributed by atoms with E-state index in [2.05, 4.69) is 11.9 Å². The van der Waals surface area contributed by atoms with Crippen LogP contribution in [0.25, 0.3) is 5.69 Å². The van der Waals surface area contributed by atoms with Crippen molar-refractivity contribution in [3.05, 3.63) is 63.6 Å². The third kappa shape index (κ3) is 2.17. The van der Waals surface area contributed by atoms with E-state index in [-0.39, 0.29) is 12.1 Å². The molecule has 3 rings (SSSR count). The van der Waals surface area contributed by atoms with Gasteiger partial charge in [0.05, 0.1) is 0 Å². The first-order valence-electron chi connectivity index (χ1n) is 6.91. The molecule has 0 saturated carbocycles. The molecular weight excluding hydrogens is 250 g/mol. The number of benzene rings is 1. The van der Waals surface area contributed by atoms with Gasteiger partial charge in [-0.25, -0.2) is 0 Å². The van der Waals surface area contributed by atoms with Gasteiger partial charge in [-0.05, 0) is 30.8 Å². The quantitative estimate of drug-likeness (QED) is 0.893. The van der Waals surface area contributed by atoms with Crippen molar-refractivity contribution >= 4 is 0 Å². The summed E-state index contributed by atoms with van der Waals surface area (Å²) in [5, 5.41) is 0. The SMILES string of the molecule is CN1CCc2c(cc(CN)c(=O)n2-c2ccccc2)C1. The fourth-order valence-corrected chi connectivity index (χ4v) is 2.84. The summed E-state index contributed by atoms with van der Waals surface area (Å²) in [5.74, 6) is 0. The molecule has 2 aromatic rings. The highest BCUT2D eigenvalue weighted by atomic mass is 16.1. The molecule has 1 aromatic heterocycles. The van der Waals surface area contributed by atoms with Crippen molar-refractivity contribution in [1.29, 1.82) is 0 Å². The van der Waals surface area contributed by atoms with Gasteiger partial charge in [-0.2, -0.15) is 0 Å². The van der Waals surface area contributed by atoms with E-state index < -0.39 is 0 Å². The lowest BCUT2D eigenvalue weighted by Gasteiger charge is -2.28. The Bertz CT molecular complexity index is 676. The molecule has 1 aromatic carbocycles. The van der Waals surface area contributed by atoms with E-state index in [1.54, 1.807) is 0 Å². The highest BCUT2D eigenvalue weighted by Gasteiger charge is 2.20. The Morgan fingerprint density at radius 1 is 1.25 bits per heavy atom. The molecule has 0 unspecified atom stereocenters. The minimum Gasteiger partial charge on any atom is -0.326 e. The standard InChI is InChI=1S/C16H19N3O/c1-18-8-7-15-13(11-18)9-12(10-17)16(20)19(15)14-5-3-2-4-6-14/h2-6,9H,7-8,10-11,17H2,1H3. The Balaban J connectivity index is 2.27. The minimum absolute atomic E-state index is 0.0157. The van der Waals surface area contributed by atoms with Crippen molar-refractivity contribution < 1.29 is 0 Å². The Kier molecular flexibility index (Phi) is 3.42. The fraction of sp³-hybridized carbons (Fsp3) is 0.312. The first-order chi connectivity index (χ1) is 9.70. The Morgan fingerprint density at radius 3 is 2.70 bits per heavy atom. The Labute approximate surface area is 118 Å². The summed E-state index contributed by atoms with van der Waals surface area (Å²) in [6.07, 6.45) is 0.890. The van der Waals surface area contributed by atoms with Crippen molar-refractivity contribution in [3.63, 3.8) is 0 Å². The van der Waals surface area contributed by atoms with Crippen molar-refractivity contribution in [1.82, 2.24) is 9.47 Å². The largest absolute Gasteiger partial charge is 0.326 e. The zero-order valence-corrected chi connectivity index (χ0v) is 11.7. The number of rotatable bonds is 2. The molecule has 0 atom stereocenters. The summed E-state index contributed by atoms with van der Waals surface area (Å²) in [6, 6.07) is 11.8. The molecule has 1 aliphatic rings. The molecule has 4 heteroatoms. The van der Waals surface area contributed by atoms with Gasteiger partial charge in [0.15, 0.2) is 0 Å². The van der Waals surface area contributed by atoms with Gasteiger partial charge in [0.2, 0.25) is 0 Å². The van der Waals surface area contributed by atoms with E-state index in [4.69, 9.17) is 5.73 Å². The lowest BCUT2D eigenvalue weighted by atomic mass is 10.0. The van der Waals surface area contributed by atoms with E-state index in [1.165, 1.54) is 5.56 Å². The number of nitrogens with zero attached hydrogens (tertiary/aromatic N) is 2. The van der Waals surface area contributed by atoms with Crippen LogP contribution in [0.1, 0.15) is 16.8 Å². The predicted molar refractivity (Wildman–Crippen MR) is 80.0 cm³/mol. The first kappa shape index (κ1) is 13.1. The van der Waals surface area contributed by atoms with Gasteiger partial charge in [0.1, 0.15) is 0 Å². The predicted octanol–water partition coefficient (Wildman–Crippen LogP) is 1.28. The second-order valence-corrected chi connectivity index (χ2v) is 5.31. The van der Waals surface area contributed by atoms with Crippen LogP contribution in [-0.4, -0.2) is 23.1 Å². The summed E-state index contributed by atoms with van der Waals surface area (Å²) in [4.78, 5) is 14.9. The highest BCUT2D eigenvalue weighted by molar-refractivity contribution is 5.40. The average Bonchev–Trinajstić information content (AvgIpc) is 2.47. The maximum absolute atomic E-state index is 12.6. The highest BCUT2D eigenvalue weighted by Crippen LogP contribution is 2.20. The average molecular weight is 269 g/mol. The van der Waals surface area contributed by atoms with Crippen LogP contribution in [0, 0.1) is 0 Å². The van der Waals surface area contributed by atoms with Gasteiger partial charge in [-0.1, -0.05) is 18.2 Å². The number of hydrogen-bond acceptors (Lipinski definition) is 3. The maximum Gasteiger partial charge on any atom is 0.259 e. The van der Waals surface area contributed by atoms with Crippen molar-refractivity contribution in [3.8, 4) is 5.69 Å². The summed E-state index contributed by atoms with van der Waals surface area (Å²) in [6.45, 7) is 2.12. The van der Waals surface area contributed by atoms with Crippen LogP contribution in [0.3, 0.4) is 0 Å². The molecule has 20 heavy (non-hydrogen) atoms. The lowest BCUT2D eigenvalue weighted by Crippen LogP contribution is -2.35. The molecule has 0 spiro atoms. The normalized spacial score (nSPS) is 15.1. The molecule has 104 valence electrons. The molecule has 2 heterocycles. The summed E-state index contributed by atoms with van der Waals surface area (Å²) < 4.78 is 1.84. The van der Waals surface area contributed by atoms with E-state index in [9.17, 15) is 4.79 Å². The van der Waals surface area contributed by atoms with Crippen molar-refractivity contribution in [2.75, 3.05) is 13.6 Å². The van der Waals surface area contributed by atoms with E-state index >= 15 is 0 Å². The smallest absolute Gasteiger partial charge is 0.259 e. The number of para-hydroxylation sites is 1. The molecular formula is C16H19N3O. The van der Waals surface area contributed by atoms with Crippen LogP contribution in [0.4, 0.5) is 0 Å². The summed E-state index contributed by atoms with van der Waals surface area (Å²) >= 11 is 0. The van der Waals surface area contributed by atoms with Crippen LogP contribution in [0.2, 0.25) is 0 Å². The number of likely N-dealkylation sites (N-methyl/N-ethyl adjacent to an activating group) is 1. The van der Waals surface area contributed by atoms with Crippen molar-refractivity contribution in [2.24, 2.45) is 5.73 Å². The van der Waals surface area contributed by atoms with Crippen LogP contribution < -0.4 is 11.3 Å². The minimum atomic E-state index is 0.0157. The lowest BCUT2D eigenvalue weighted by molar-refractivity contribution is 0.307. The maximum atomic E-state index is 12.6. The van der Waals surface area contributed by atoms with Gasteiger partial charge >= 0.3 is 0 Å². The second kappa shape index (κ2) is 5.23. The molecule has 0 saturated heterocycles. The summed E-state index contributed by atoms with van der Waals surface area (Å²) in [7, 11) is 2.10. The van der Waals surface area contributed by atoms with E-state index in [0.29, 0.717) is 5.56 Å². The number of fused-ring (bicyclic) bond motifs is 1. The van der Waals surface area contributed by atoms with Crippen LogP contribution in [-0.2, 0) is 19.5 Å². The number of hydrogen-bond donors (Lipinski definition) is 1. The first-order valence-corrected chi connectivity index (χ1v) is 6.91. The van der Waals surface area contributed by atoms with Gasteiger partial charge in [0, 0.05) is 43.0 Å². The number of nitrogens with two attached hydrogens (primary N) is 1. The van der Waals surface area contributed by atoms with Gasteiger partial charge < -0.3 is 10.6 Å². The molecule has 0 fully saturated rings. The van der Waals surface area contributed by atoms with Gasteiger partial charge in [-0.15, -0.1) is 0 Å². The molecule has 0 radical (unpaired) electrons. The van der Waals surface area contributed by atoms with Gasteiger partial charge in [0.25, 0.3) is 5.56 Å². The molecule has 0 amide bonds. The fourth-order valence-electron chi connectivity index (χ4n) is 2.84. The van der Waals surface area contributed by atoms with E-state index in [1.807, 2.05) is 41.0 Å². The summed E-state index contributed by atoms with van der Waals surface area (Å²) in [5.41, 5.74) is 9.69. The second-order valence-electron chi connectivity index (χ2n) is 5.31. The Hall–Kier alpha value is -1.91. The topological polar surface area (TPSA) is 51.3 Å². The van der Waals surface area contributed by atoms with Crippen LogP contribution in [0.15, 0.2) is 41.2 Å². The molecule has 1 aliphatic heterocycles. The monoisotopic (exact) mass is 269 g/mol. The zero-order chi connectivity index (χ0) is 14.1. The third-order valence-corrected chi connectivity index (χ3v) is 3.87. The zero-order valence-electron chi connectivity index (χ0n) is 11.7. The number of pyridine rings is 1. The molecule has 0 bridgehead atoms. The Morgan fingerprint density at radius 2 is 2.00 bits per heavy atom. The third-order valence-electron chi connectivity index (χ3n) is 3.87.